The van der Waals surface area contributed by atoms with Crippen LogP contribution in [0.1, 0.15) is 89.3 Å². The van der Waals surface area contributed by atoms with Gasteiger partial charge in [0, 0.05) is 17.8 Å². The van der Waals surface area contributed by atoms with Crippen LogP contribution in [0.2, 0.25) is 0 Å². The number of aliphatic hydroxyl groups excluding tert-OH is 1. The number of aliphatic hydroxyl groups is 1. The van der Waals surface area contributed by atoms with Crippen LogP contribution in [0.25, 0.3) is 10.4 Å². The number of hydrogen-bond acceptors (Lipinski definition) is 18. The first-order valence-corrected chi connectivity index (χ1v) is 32.4. The van der Waals surface area contributed by atoms with E-state index >= 15 is 4.79 Å². The predicted octanol–water partition coefficient (Wildman–Crippen LogP) is 12.4. The molecule has 10 rings (SSSR count). The van der Waals surface area contributed by atoms with Gasteiger partial charge in [-0.3, -0.25) is 4.79 Å². The summed E-state index contributed by atoms with van der Waals surface area (Å²) in [6.07, 6.45) is -17.5. The molecule has 0 unspecified atom stereocenters. The normalized spacial score (nSPS) is 26.4. The van der Waals surface area contributed by atoms with E-state index in [1.54, 1.807) is 38.1 Å². The SMILES string of the molecule is C=CC[C@@]1(O[C@@H]2[C@@H](O[C@H]3O[C@H](COCc4ccccc4)[C@@H](OCc4ccccc4)[C@H](OCc4ccccc4)[C@H]3OCc3ccccc3)[C@H](C)O[C@@H](O)[C@@H]2OC(=O)CCC(C)=O)O[C@@H](C)[C@H](OCc2ccccc2)[C@@H](OCc2ccccc2)[C@H]1OC(=O)c1ccccc1CN=[N+]=[N-]. The van der Waals surface area contributed by atoms with Gasteiger partial charge in [0.25, 0.3) is 0 Å². The van der Waals surface area contributed by atoms with Gasteiger partial charge in [-0.25, -0.2) is 4.79 Å². The first kappa shape index (κ1) is 70.5. The van der Waals surface area contributed by atoms with Crippen molar-refractivity contribution in [2.75, 3.05) is 6.61 Å². The molecule has 3 fully saturated rings. The number of azide groups is 1. The summed E-state index contributed by atoms with van der Waals surface area (Å²) in [5, 5.41) is 16.1. The van der Waals surface area contributed by atoms with Gasteiger partial charge < -0.3 is 71.5 Å². The van der Waals surface area contributed by atoms with Gasteiger partial charge in [0.1, 0.15) is 54.6 Å². The van der Waals surface area contributed by atoms with Crippen molar-refractivity contribution < 1.29 is 81.1 Å². The number of carbonyl (C=O) groups excluding carboxylic acids is 3. The average Bonchev–Trinajstić information content (AvgIpc) is 1.21. The second-order valence-electron chi connectivity index (χ2n) is 23.9. The minimum absolute atomic E-state index is 0.0204. The van der Waals surface area contributed by atoms with E-state index in [4.69, 9.17) is 61.6 Å². The van der Waals surface area contributed by atoms with Crippen LogP contribution >= 0.6 is 0 Å². The van der Waals surface area contributed by atoms with Crippen molar-refractivity contribution >= 4 is 17.7 Å². The summed E-state index contributed by atoms with van der Waals surface area (Å²) in [6.45, 7) is 9.27. The maximum atomic E-state index is 15.3. The fourth-order valence-corrected chi connectivity index (χ4v) is 12.1. The fourth-order valence-electron chi connectivity index (χ4n) is 12.1. The van der Waals surface area contributed by atoms with E-state index in [0.29, 0.717) is 5.56 Å². The van der Waals surface area contributed by atoms with Crippen LogP contribution < -0.4 is 0 Å². The van der Waals surface area contributed by atoms with E-state index in [0.717, 1.165) is 33.4 Å². The summed E-state index contributed by atoms with van der Waals surface area (Å²) in [5.41, 5.74) is 14.9. The van der Waals surface area contributed by atoms with Crippen molar-refractivity contribution in [3.63, 3.8) is 0 Å². The van der Waals surface area contributed by atoms with Crippen molar-refractivity contribution in [2.45, 2.75) is 178 Å². The van der Waals surface area contributed by atoms with Gasteiger partial charge in [-0.15, -0.1) is 6.58 Å². The second kappa shape index (κ2) is 35.6. The smallest absolute Gasteiger partial charge is 0.338 e. The molecule has 1 N–H and O–H groups in total. The average molecular weight is 1310 g/mol. The molecule has 7 aromatic carbocycles. The van der Waals surface area contributed by atoms with E-state index in [9.17, 15) is 20.2 Å². The third-order valence-corrected chi connectivity index (χ3v) is 16.8. The zero-order valence-corrected chi connectivity index (χ0v) is 54.1. The molecule has 0 spiro atoms. The van der Waals surface area contributed by atoms with Crippen LogP contribution in [0.5, 0.6) is 0 Å². The number of Topliss-reactive ketones (excluding diaryl/α,β-unsaturated/α-hetero) is 1. The number of nitrogens with zero attached hydrogens (tertiary/aromatic N) is 3. The summed E-state index contributed by atoms with van der Waals surface area (Å²) >= 11 is 0. The Morgan fingerprint density at radius 1 is 0.542 bits per heavy atom. The van der Waals surface area contributed by atoms with Crippen molar-refractivity contribution in [3.05, 3.63) is 274 Å². The molecule has 3 aliphatic heterocycles. The van der Waals surface area contributed by atoms with Gasteiger partial charge in [0.2, 0.25) is 5.79 Å². The van der Waals surface area contributed by atoms with Gasteiger partial charge in [0.05, 0.1) is 77.0 Å². The molecule has 3 saturated heterocycles. The van der Waals surface area contributed by atoms with Gasteiger partial charge in [-0.1, -0.05) is 211 Å². The van der Waals surface area contributed by atoms with E-state index in [-0.39, 0.29) is 83.4 Å². The molecule has 96 heavy (non-hydrogen) atoms. The highest BCUT2D eigenvalue weighted by Crippen LogP contribution is 2.44. The largest absolute Gasteiger partial charge is 0.454 e. The lowest BCUT2D eigenvalue weighted by Crippen LogP contribution is -2.71. The minimum Gasteiger partial charge on any atom is -0.454 e. The molecule has 0 radical (unpaired) electrons. The molecule has 0 aromatic heterocycles. The van der Waals surface area contributed by atoms with Gasteiger partial charge in [-0.05, 0) is 71.3 Å². The molecular formula is C76H83N3O17. The molecule has 3 heterocycles. The fraction of sp³-hybridized carbons (Fsp3) is 0.382. The lowest BCUT2D eigenvalue weighted by atomic mass is 9.88. The third-order valence-electron chi connectivity index (χ3n) is 16.8. The quantitative estimate of drug-likeness (QED) is 0.0132. The Morgan fingerprint density at radius 3 is 1.52 bits per heavy atom. The first-order valence-electron chi connectivity index (χ1n) is 32.4. The van der Waals surface area contributed by atoms with Crippen molar-refractivity contribution in [1.82, 2.24) is 0 Å². The summed E-state index contributed by atoms with van der Waals surface area (Å²) < 4.78 is 90.5. The summed E-state index contributed by atoms with van der Waals surface area (Å²) in [5.74, 6) is -4.25. The summed E-state index contributed by atoms with van der Waals surface area (Å²) in [7, 11) is 0. The number of benzene rings is 7. The molecule has 0 aliphatic carbocycles. The number of hydrogen-bond donors (Lipinski definition) is 1. The van der Waals surface area contributed by atoms with E-state index in [1.807, 2.05) is 182 Å². The van der Waals surface area contributed by atoms with Crippen molar-refractivity contribution in [3.8, 4) is 0 Å². The number of carbonyl (C=O) groups is 3. The molecule has 504 valence electrons. The molecule has 20 heteroatoms. The number of esters is 2. The van der Waals surface area contributed by atoms with Crippen molar-refractivity contribution in [2.24, 2.45) is 5.11 Å². The highest BCUT2D eigenvalue weighted by Gasteiger charge is 2.62. The lowest BCUT2D eigenvalue weighted by Gasteiger charge is -2.54. The monoisotopic (exact) mass is 1310 g/mol. The molecule has 0 amide bonds. The summed E-state index contributed by atoms with van der Waals surface area (Å²) in [6, 6.07) is 64.1. The maximum absolute atomic E-state index is 15.3. The second-order valence-corrected chi connectivity index (χ2v) is 23.9. The Balaban J connectivity index is 1.11. The Bertz CT molecular complexity index is 3580. The highest BCUT2D eigenvalue weighted by molar-refractivity contribution is 5.91. The zero-order chi connectivity index (χ0) is 67.1. The maximum Gasteiger partial charge on any atom is 0.338 e. The zero-order valence-electron chi connectivity index (χ0n) is 54.1. The molecule has 0 bridgehead atoms. The van der Waals surface area contributed by atoms with Crippen LogP contribution in [0.15, 0.2) is 224 Å². The number of ether oxygens (including phenoxy) is 13. The first-order chi connectivity index (χ1) is 46.9. The Kier molecular flexibility index (Phi) is 26.2. The molecule has 20 nitrogen and oxygen atoms in total. The standard InChI is InChI=1S/C76H83N3O17/c1-5-42-76(72(94-73(82)61-39-25-24-38-60(61)43-78-79-77)69(88-48-58-34-20-10-21-35-58)64(53(4)95-76)85-45-55-28-14-7-15-29-55)96-68-65(52(3)90-74(83)70(68)92-63(81)41-40-51(2)80)93-75-71(89-49-59-36-22-11-23-37-59)67(87-47-57-32-18-9-19-33-57)66(86-46-56-30-16-8-17-31-56)62(91-75)50-84-44-54-26-12-6-13-27-54/h5-39,52-53,62,64-72,74-75,83H,1,40-50H2,2-4H3/t52-,53-,62+,64-,65-,66+,67-,68+,69+,70+,71+,72+,74+,75+,76-/m0/s1. The van der Waals surface area contributed by atoms with Gasteiger partial charge in [-0.2, -0.15) is 0 Å². The number of ketones is 1. The van der Waals surface area contributed by atoms with E-state index in [2.05, 4.69) is 16.6 Å². The Hall–Kier alpha value is -8.28. The van der Waals surface area contributed by atoms with Gasteiger partial charge >= 0.3 is 11.9 Å². The summed E-state index contributed by atoms with van der Waals surface area (Å²) in [4.78, 5) is 45.0. The van der Waals surface area contributed by atoms with Crippen LogP contribution in [-0.2, 0) is 117 Å². The highest BCUT2D eigenvalue weighted by atomic mass is 16.8. The van der Waals surface area contributed by atoms with E-state index < -0.39 is 104 Å². The number of rotatable bonds is 33. The molecule has 3 aliphatic rings. The lowest BCUT2D eigenvalue weighted by molar-refractivity contribution is -0.415. The van der Waals surface area contributed by atoms with Crippen molar-refractivity contribution in [1.29, 1.82) is 0 Å². The minimum atomic E-state index is -2.21. The van der Waals surface area contributed by atoms with Gasteiger partial charge in [0.15, 0.2) is 24.8 Å². The topological polar surface area (TPSA) is 240 Å². The van der Waals surface area contributed by atoms with Crippen LogP contribution in [-0.4, -0.2) is 121 Å². The van der Waals surface area contributed by atoms with Crippen LogP contribution in [0.3, 0.4) is 0 Å². The third kappa shape index (κ3) is 19.3. The van der Waals surface area contributed by atoms with E-state index in [1.165, 1.54) is 13.0 Å². The Morgan fingerprint density at radius 2 is 1.01 bits per heavy atom. The Labute approximate surface area is 559 Å². The molecular weight excluding hydrogens is 1230 g/mol. The molecule has 15 atom stereocenters. The predicted molar refractivity (Wildman–Crippen MR) is 353 cm³/mol. The van der Waals surface area contributed by atoms with Crippen LogP contribution in [0, 0.1) is 0 Å². The molecule has 7 aromatic rings. The van der Waals surface area contributed by atoms with Crippen LogP contribution in [0.4, 0.5) is 0 Å². The molecule has 0 saturated carbocycles.